The predicted octanol–water partition coefficient (Wildman–Crippen LogP) is 3.24. The Morgan fingerprint density at radius 1 is 1.00 bits per heavy atom. The number of rotatable bonds is 5. The molecule has 0 saturated carbocycles. The Bertz CT molecular complexity index is 489. The van der Waals surface area contributed by atoms with Crippen LogP contribution in [0.4, 0.5) is 0 Å². The lowest BCUT2D eigenvalue weighted by Crippen LogP contribution is -2.14. The van der Waals surface area contributed by atoms with Crippen LogP contribution < -0.4 is 5.32 Å². The van der Waals surface area contributed by atoms with Crippen LogP contribution in [0.1, 0.15) is 29.3 Å². The van der Waals surface area contributed by atoms with Crippen LogP contribution in [0, 0.1) is 6.92 Å². The minimum Gasteiger partial charge on any atom is -0.307 e. The topological polar surface area (TPSA) is 24.9 Å². The molecule has 0 amide bonds. The quantitative estimate of drug-likeness (QED) is 0.868. The van der Waals surface area contributed by atoms with Gasteiger partial charge >= 0.3 is 0 Å². The van der Waals surface area contributed by atoms with Crippen LogP contribution in [0.2, 0.25) is 0 Å². The molecule has 0 aliphatic carbocycles. The number of hydrogen-bond acceptors (Lipinski definition) is 2. The van der Waals surface area contributed by atoms with E-state index < -0.39 is 0 Å². The lowest BCUT2D eigenvalue weighted by molar-refractivity contribution is 0.676. The zero-order valence-electron chi connectivity index (χ0n) is 11.1. The van der Waals surface area contributed by atoms with E-state index in [0.717, 1.165) is 25.2 Å². The largest absolute Gasteiger partial charge is 0.307 e. The molecule has 0 aliphatic heterocycles. The molecule has 0 saturated heterocycles. The third kappa shape index (κ3) is 3.41. The van der Waals surface area contributed by atoms with Gasteiger partial charge < -0.3 is 5.32 Å². The van der Waals surface area contributed by atoms with Crippen molar-refractivity contribution in [3.63, 3.8) is 0 Å². The van der Waals surface area contributed by atoms with Gasteiger partial charge in [0.1, 0.15) is 0 Å². The van der Waals surface area contributed by atoms with E-state index in [0.29, 0.717) is 0 Å². The van der Waals surface area contributed by atoms with Crippen molar-refractivity contribution < 1.29 is 0 Å². The third-order valence-electron chi connectivity index (χ3n) is 3.17. The first-order valence-electron chi connectivity index (χ1n) is 6.48. The summed E-state index contributed by atoms with van der Waals surface area (Å²) in [5, 5.41) is 3.43. The van der Waals surface area contributed by atoms with Crippen molar-refractivity contribution in [2.24, 2.45) is 0 Å². The Kier molecular flexibility index (Phi) is 4.48. The van der Waals surface area contributed by atoms with Gasteiger partial charge in [-0.3, -0.25) is 4.98 Å². The minimum atomic E-state index is 0.822. The summed E-state index contributed by atoms with van der Waals surface area (Å²) in [6.07, 6.45) is 2.95. The van der Waals surface area contributed by atoms with Crippen LogP contribution in [0.5, 0.6) is 0 Å². The van der Waals surface area contributed by atoms with Crippen LogP contribution in [0.3, 0.4) is 0 Å². The summed E-state index contributed by atoms with van der Waals surface area (Å²) in [6, 6.07) is 12.8. The lowest BCUT2D eigenvalue weighted by atomic mass is 10.1. The van der Waals surface area contributed by atoms with Crippen molar-refractivity contribution in [3.8, 4) is 0 Å². The van der Waals surface area contributed by atoms with Crippen LogP contribution in [-0.4, -0.2) is 4.98 Å². The number of pyridine rings is 1. The van der Waals surface area contributed by atoms with Crippen molar-refractivity contribution in [2.75, 3.05) is 0 Å². The molecule has 0 aliphatic rings. The monoisotopic (exact) mass is 240 g/mol. The fourth-order valence-electron chi connectivity index (χ4n) is 1.92. The van der Waals surface area contributed by atoms with Crippen molar-refractivity contribution in [1.29, 1.82) is 0 Å². The van der Waals surface area contributed by atoms with E-state index in [1.54, 1.807) is 0 Å². The molecular weight excluding hydrogens is 220 g/mol. The van der Waals surface area contributed by atoms with Gasteiger partial charge in [0.05, 0.1) is 5.69 Å². The fourth-order valence-corrected chi connectivity index (χ4v) is 1.92. The van der Waals surface area contributed by atoms with E-state index >= 15 is 0 Å². The molecule has 0 fully saturated rings. The molecule has 2 heteroatoms. The molecule has 18 heavy (non-hydrogen) atoms. The highest BCUT2D eigenvalue weighted by molar-refractivity contribution is 5.22. The zero-order chi connectivity index (χ0) is 12.8. The first-order chi connectivity index (χ1) is 8.79. The summed E-state index contributed by atoms with van der Waals surface area (Å²) in [5.74, 6) is 0. The van der Waals surface area contributed by atoms with Gasteiger partial charge in [-0.1, -0.05) is 37.3 Å². The van der Waals surface area contributed by atoms with E-state index in [1.165, 1.54) is 16.7 Å². The normalized spacial score (nSPS) is 10.6. The molecule has 0 spiro atoms. The first kappa shape index (κ1) is 12.8. The summed E-state index contributed by atoms with van der Waals surface area (Å²) in [7, 11) is 0. The smallest absolute Gasteiger partial charge is 0.0570 e. The van der Waals surface area contributed by atoms with E-state index in [2.05, 4.69) is 54.5 Å². The molecule has 1 aromatic carbocycles. The van der Waals surface area contributed by atoms with Gasteiger partial charge in [0.25, 0.3) is 0 Å². The summed E-state index contributed by atoms with van der Waals surface area (Å²) >= 11 is 0. The molecule has 2 aromatic rings. The molecule has 1 N–H and O–H groups in total. The number of hydrogen-bond donors (Lipinski definition) is 1. The molecule has 0 bridgehead atoms. The average molecular weight is 240 g/mol. The Labute approximate surface area is 109 Å². The van der Waals surface area contributed by atoms with Gasteiger partial charge in [-0.2, -0.15) is 0 Å². The van der Waals surface area contributed by atoms with Crippen LogP contribution in [-0.2, 0) is 19.5 Å². The lowest BCUT2D eigenvalue weighted by Gasteiger charge is -2.07. The van der Waals surface area contributed by atoms with Gasteiger partial charge in [-0.05, 0) is 36.1 Å². The number of nitrogens with zero attached hydrogens (tertiary/aromatic N) is 1. The second kappa shape index (κ2) is 6.31. The zero-order valence-corrected chi connectivity index (χ0v) is 11.1. The molecule has 2 nitrogen and oxygen atoms in total. The molecule has 94 valence electrons. The number of nitrogens with one attached hydrogen (secondary N) is 1. The van der Waals surface area contributed by atoms with Crippen molar-refractivity contribution >= 4 is 0 Å². The summed E-state index contributed by atoms with van der Waals surface area (Å²) in [5.41, 5.74) is 5.08. The highest BCUT2D eigenvalue weighted by atomic mass is 14.9. The Hall–Kier alpha value is -1.67. The molecule has 0 unspecified atom stereocenters. The van der Waals surface area contributed by atoms with Gasteiger partial charge in [0, 0.05) is 19.3 Å². The SMILES string of the molecule is CCc1ccc(CNCc2ncccc2C)cc1. The highest BCUT2D eigenvalue weighted by Gasteiger charge is 1.98. The summed E-state index contributed by atoms with van der Waals surface area (Å²) in [6.45, 7) is 5.99. The number of aromatic nitrogens is 1. The predicted molar refractivity (Wildman–Crippen MR) is 75.3 cm³/mol. The standard InChI is InChI=1S/C16H20N2/c1-3-14-6-8-15(9-7-14)11-17-12-16-13(2)5-4-10-18-16/h4-10,17H,3,11-12H2,1-2H3. The van der Waals surface area contributed by atoms with Crippen LogP contribution >= 0.6 is 0 Å². The van der Waals surface area contributed by atoms with Gasteiger partial charge in [0.2, 0.25) is 0 Å². The van der Waals surface area contributed by atoms with E-state index in [9.17, 15) is 0 Å². The number of aryl methyl sites for hydroxylation is 2. The second-order valence-corrected chi connectivity index (χ2v) is 4.54. The van der Waals surface area contributed by atoms with E-state index in [1.807, 2.05) is 12.3 Å². The first-order valence-corrected chi connectivity index (χ1v) is 6.48. The van der Waals surface area contributed by atoms with Crippen molar-refractivity contribution in [1.82, 2.24) is 10.3 Å². The summed E-state index contributed by atoms with van der Waals surface area (Å²) < 4.78 is 0. The maximum absolute atomic E-state index is 4.37. The molecule has 1 aromatic heterocycles. The Morgan fingerprint density at radius 2 is 1.72 bits per heavy atom. The number of benzene rings is 1. The highest BCUT2D eigenvalue weighted by Crippen LogP contribution is 2.06. The molecule has 1 heterocycles. The third-order valence-corrected chi connectivity index (χ3v) is 3.17. The van der Waals surface area contributed by atoms with E-state index in [4.69, 9.17) is 0 Å². The Balaban J connectivity index is 1.86. The molecule has 2 rings (SSSR count). The van der Waals surface area contributed by atoms with Gasteiger partial charge in [-0.15, -0.1) is 0 Å². The molecule has 0 atom stereocenters. The van der Waals surface area contributed by atoms with Gasteiger partial charge in [0.15, 0.2) is 0 Å². The average Bonchev–Trinajstić information content (AvgIpc) is 2.42. The minimum absolute atomic E-state index is 0.822. The van der Waals surface area contributed by atoms with E-state index in [-0.39, 0.29) is 0 Å². The van der Waals surface area contributed by atoms with Crippen LogP contribution in [0.25, 0.3) is 0 Å². The molecular formula is C16H20N2. The van der Waals surface area contributed by atoms with Crippen LogP contribution in [0.15, 0.2) is 42.6 Å². The van der Waals surface area contributed by atoms with Gasteiger partial charge in [-0.25, -0.2) is 0 Å². The fraction of sp³-hybridized carbons (Fsp3) is 0.312. The van der Waals surface area contributed by atoms with Crippen molar-refractivity contribution in [3.05, 3.63) is 65.0 Å². The molecule has 0 radical (unpaired) electrons. The van der Waals surface area contributed by atoms with Crippen molar-refractivity contribution in [2.45, 2.75) is 33.4 Å². The Morgan fingerprint density at radius 3 is 2.39 bits per heavy atom. The maximum Gasteiger partial charge on any atom is 0.0570 e. The second-order valence-electron chi connectivity index (χ2n) is 4.54. The maximum atomic E-state index is 4.37. The summed E-state index contributed by atoms with van der Waals surface area (Å²) in [4.78, 5) is 4.37.